The van der Waals surface area contributed by atoms with Crippen LogP contribution < -0.4 is 10.1 Å². The molecule has 1 aromatic carbocycles. The number of para-hydroxylation sites is 1. The molecular formula is C14H19Cl2NO3. The van der Waals surface area contributed by atoms with E-state index in [1.807, 2.05) is 6.92 Å². The molecule has 112 valence electrons. The van der Waals surface area contributed by atoms with Crippen LogP contribution >= 0.6 is 23.2 Å². The van der Waals surface area contributed by atoms with Crippen molar-refractivity contribution in [1.82, 2.24) is 5.32 Å². The summed E-state index contributed by atoms with van der Waals surface area (Å²) in [7, 11) is 0. The molecule has 0 bridgehead atoms. The molecule has 6 heteroatoms. The Bertz CT molecular complexity index is 424. The van der Waals surface area contributed by atoms with E-state index in [1.165, 1.54) is 0 Å². The van der Waals surface area contributed by atoms with E-state index in [4.69, 9.17) is 32.7 Å². The summed E-state index contributed by atoms with van der Waals surface area (Å²) in [6, 6.07) is 5.43. The Morgan fingerprint density at radius 2 is 2.15 bits per heavy atom. The molecule has 0 radical (unpaired) electrons. The molecule has 0 spiro atoms. The van der Waals surface area contributed by atoms with Crippen molar-refractivity contribution in [3.63, 3.8) is 0 Å². The van der Waals surface area contributed by atoms with Crippen LogP contribution in [0.3, 0.4) is 0 Å². The van der Waals surface area contributed by atoms with Crippen molar-refractivity contribution >= 4 is 23.2 Å². The summed E-state index contributed by atoms with van der Waals surface area (Å²) in [5.74, 6) is 0.410. The number of hydrogen-bond donors (Lipinski definition) is 2. The molecule has 1 saturated heterocycles. The van der Waals surface area contributed by atoms with Gasteiger partial charge in [0.25, 0.3) is 0 Å². The van der Waals surface area contributed by atoms with Gasteiger partial charge in [0.2, 0.25) is 0 Å². The van der Waals surface area contributed by atoms with Gasteiger partial charge in [-0.3, -0.25) is 0 Å². The minimum Gasteiger partial charge on any atom is -0.488 e. The average Bonchev–Trinajstić information content (AvgIpc) is 2.81. The summed E-state index contributed by atoms with van der Waals surface area (Å²) in [5, 5.41) is 14.1. The van der Waals surface area contributed by atoms with Crippen molar-refractivity contribution in [2.24, 2.45) is 0 Å². The number of nitrogens with one attached hydrogen (secondary N) is 1. The van der Waals surface area contributed by atoms with Gasteiger partial charge in [-0.25, -0.2) is 0 Å². The van der Waals surface area contributed by atoms with Crippen molar-refractivity contribution < 1.29 is 14.6 Å². The molecular weight excluding hydrogens is 301 g/mol. The van der Waals surface area contributed by atoms with Gasteiger partial charge in [0.1, 0.15) is 12.7 Å². The summed E-state index contributed by atoms with van der Waals surface area (Å²) in [5.41, 5.74) is 0. The van der Waals surface area contributed by atoms with Crippen molar-refractivity contribution in [1.29, 1.82) is 0 Å². The Morgan fingerprint density at radius 1 is 1.45 bits per heavy atom. The summed E-state index contributed by atoms with van der Waals surface area (Å²) in [4.78, 5) is 0. The fourth-order valence-electron chi connectivity index (χ4n) is 2.15. The zero-order valence-corrected chi connectivity index (χ0v) is 12.8. The van der Waals surface area contributed by atoms with E-state index in [0.29, 0.717) is 22.3 Å². The lowest BCUT2D eigenvalue weighted by atomic mass is 10.1. The van der Waals surface area contributed by atoms with Crippen LogP contribution in [0.15, 0.2) is 18.2 Å². The monoisotopic (exact) mass is 319 g/mol. The third-order valence-corrected chi connectivity index (χ3v) is 3.93. The topological polar surface area (TPSA) is 50.7 Å². The molecule has 3 unspecified atom stereocenters. The van der Waals surface area contributed by atoms with Gasteiger partial charge in [-0.05, 0) is 25.5 Å². The fraction of sp³-hybridized carbons (Fsp3) is 0.571. The quantitative estimate of drug-likeness (QED) is 0.846. The molecule has 2 N–H and O–H groups in total. The van der Waals surface area contributed by atoms with Crippen molar-refractivity contribution in [2.45, 2.75) is 31.6 Å². The third-order valence-electron chi connectivity index (χ3n) is 3.33. The third kappa shape index (κ3) is 4.24. The first kappa shape index (κ1) is 15.9. The zero-order chi connectivity index (χ0) is 14.5. The van der Waals surface area contributed by atoms with Gasteiger partial charge in [0, 0.05) is 19.2 Å². The molecule has 1 aliphatic heterocycles. The minimum atomic E-state index is -0.630. The number of halogens is 2. The van der Waals surface area contributed by atoms with E-state index in [-0.39, 0.29) is 18.8 Å². The van der Waals surface area contributed by atoms with Crippen LogP contribution in [0.25, 0.3) is 0 Å². The van der Waals surface area contributed by atoms with Gasteiger partial charge in [-0.2, -0.15) is 0 Å². The van der Waals surface area contributed by atoms with Gasteiger partial charge in [-0.1, -0.05) is 29.3 Å². The van der Waals surface area contributed by atoms with Crippen molar-refractivity contribution in [2.75, 3.05) is 19.8 Å². The minimum absolute atomic E-state index is 0.137. The number of benzene rings is 1. The number of aliphatic hydroxyl groups excluding tert-OH is 1. The molecule has 0 aliphatic carbocycles. The van der Waals surface area contributed by atoms with Gasteiger partial charge < -0.3 is 19.9 Å². The number of rotatable bonds is 6. The molecule has 1 fully saturated rings. The normalized spacial score (nSPS) is 23.8. The highest BCUT2D eigenvalue weighted by Crippen LogP contribution is 2.32. The number of ether oxygens (including phenoxy) is 2. The maximum atomic E-state index is 9.92. The lowest BCUT2D eigenvalue weighted by molar-refractivity contribution is 0.0897. The molecule has 3 atom stereocenters. The summed E-state index contributed by atoms with van der Waals surface area (Å²) < 4.78 is 10.9. The highest BCUT2D eigenvalue weighted by molar-refractivity contribution is 6.37. The van der Waals surface area contributed by atoms with E-state index in [1.54, 1.807) is 18.2 Å². The van der Waals surface area contributed by atoms with Crippen molar-refractivity contribution in [3.8, 4) is 5.75 Å². The summed E-state index contributed by atoms with van der Waals surface area (Å²) >= 11 is 12.0. The summed E-state index contributed by atoms with van der Waals surface area (Å²) in [6.45, 7) is 3.37. The van der Waals surface area contributed by atoms with Crippen LogP contribution in [0.2, 0.25) is 10.0 Å². The van der Waals surface area contributed by atoms with E-state index < -0.39 is 6.10 Å². The molecule has 1 aliphatic rings. The van der Waals surface area contributed by atoms with E-state index in [9.17, 15) is 5.11 Å². The van der Waals surface area contributed by atoms with Crippen LogP contribution in [0.1, 0.15) is 13.3 Å². The highest BCUT2D eigenvalue weighted by atomic mass is 35.5. The second kappa shape index (κ2) is 7.48. The van der Waals surface area contributed by atoms with Gasteiger partial charge in [0.15, 0.2) is 5.75 Å². The Balaban J connectivity index is 1.76. The first-order valence-electron chi connectivity index (χ1n) is 6.68. The standard InChI is InChI=1S/C14H19Cl2NO3/c1-9-13(5-6-19-9)17-7-10(18)8-20-14-11(15)3-2-4-12(14)16/h2-4,9-10,13,17-18H,5-8H2,1H3. The molecule has 0 amide bonds. The van der Waals surface area contributed by atoms with E-state index in [0.717, 1.165) is 13.0 Å². The van der Waals surface area contributed by atoms with Crippen LogP contribution in [0.4, 0.5) is 0 Å². The number of hydrogen-bond acceptors (Lipinski definition) is 4. The van der Waals surface area contributed by atoms with Gasteiger partial charge in [0.05, 0.1) is 16.1 Å². The van der Waals surface area contributed by atoms with E-state index in [2.05, 4.69) is 5.32 Å². The predicted octanol–water partition coefficient (Wildman–Crippen LogP) is 2.50. The molecule has 1 heterocycles. The van der Waals surface area contributed by atoms with Crippen LogP contribution in [-0.2, 0) is 4.74 Å². The lowest BCUT2D eigenvalue weighted by Gasteiger charge is -2.19. The Labute approximate surface area is 129 Å². The fourth-order valence-corrected chi connectivity index (χ4v) is 2.65. The SMILES string of the molecule is CC1OCCC1NCC(O)COc1c(Cl)cccc1Cl. The van der Waals surface area contributed by atoms with Crippen LogP contribution in [0.5, 0.6) is 5.75 Å². The lowest BCUT2D eigenvalue weighted by Crippen LogP contribution is -2.41. The largest absolute Gasteiger partial charge is 0.488 e. The van der Waals surface area contributed by atoms with E-state index >= 15 is 0 Å². The van der Waals surface area contributed by atoms with Gasteiger partial charge >= 0.3 is 0 Å². The smallest absolute Gasteiger partial charge is 0.156 e. The second-order valence-electron chi connectivity index (χ2n) is 4.89. The van der Waals surface area contributed by atoms with Crippen LogP contribution in [0, 0.1) is 0 Å². The van der Waals surface area contributed by atoms with Crippen molar-refractivity contribution in [3.05, 3.63) is 28.2 Å². The first-order valence-corrected chi connectivity index (χ1v) is 7.43. The maximum Gasteiger partial charge on any atom is 0.156 e. The summed E-state index contributed by atoms with van der Waals surface area (Å²) in [6.07, 6.45) is 0.515. The Kier molecular flexibility index (Phi) is 5.93. The van der Waals surface area contributed by atoms with Gasteiger partial charge in [-0.15, -0.1) is 0 Å². The number of aliphatic hydroxyl groups is 1. The molecule has 4 nitrogen and oxygen atoms in total. The zero-order valence-electron chi connectivity index (χ0n) is 11.3. The first-order chi connectivity index (χ1) is 9.58. The highest BCUT2D eigenvalue weighted by Gasteiger charge is 2.24. The Hall–Kier alpha value is -0.520. The molecule has 2 rings (SSSR count). The second-order valence-corrected chi connectivity index (χ2v) is 5.71. The molecule has 20 heavy (non-hydrogen) atoms. The van der Waals surface area contributed by atoms with Crippen LogP contribution in [-0.4, -0.2) is 43.1 Å². The molecule has 0 aromatic heterocycles. The molecule has 1 aromatic rings. The average molecular weight is 320 g/mol. The predicted molar refractivity (Wildman–Crippen MR) is 79.8 cm³/mol. The maximum absolute atomic E-state index is 9.92. The molecule has 0 saturated carbocycles. The Morgan fingerprint density at radius 3 is 2.75 bits per heavy atom.